The van der Waals surface area contributed by atoms with E-state index in [0.717, 1.165) is 0 Å². The lowest BCUT2D eigenvalue weighted by molar-refractivity contribution is 0.281. The Hall–Kier alpha value is -1.11. The van der Waals surface area contributed by atoms with Crippen molar-refractivity contribution >= 4 is 15.7 Å². The monoisotopic (exact) mass is 258 g/mol. The molecule has 0 heterocycles. The van der Waals surface area contributed by atoms with Gasteiger partial charge in [-0.3, -0.25) is 0 Å². The summed E-state index contributed by atoms with van der Waals surface area (Å²) in [7, 11) is -3.49. The predicted octanol–water partition coefficient (Wildman–Crippen LogP) is 0.777. The topological polar surface area (TPSA) is 78.4 Å². The molecule has 0 fully saturated rings. The number of aliphatic hydroxyl groups is 1. The number of aliphatic hydroxyl groups excluding tert-OH is 1. The maximum atomic E-state index is 11.9. The van der Waals surface area contributed by atoms with E-state index in [4.69, 9.17) is 5.11 Å². The van der Waals surface area contributed by atoms with Gasteiger partial charge in [0, 0.05) is 12.6 Å². The van der Waals surface area contributed by atoms with E-state index in [-0.39, 0.29) is 17.5 Å². The first-order valence-corrected chi connectivity index (χ1v) is 6.95. The zero-order chi connectivity index (χ0) is 12.9. The highest BCUT2D eigenvalue weighted by Gasteiger charge is 2.17. The average molecular weight is 258 g/mol. The van der Waals surface area contributed by atoms with Crippen molar-refractivity contribution in [3.63, 3.8) is 0 Å². The Kier molecular flexibility index (Phi) is 4.92. The van der Waals surface area contributed by atoms with E-state index in [1.807, 2.05) is 0 Å². The standard InChI is InChI=1S/C11H18N2O3S/c1-3-12-17(15,16)11-7-5-4-6-10(11)13-9(2)8-14/h4-7,9,12-14H,3,8H2,1-2H3. The highest BCUT2D eigenvalue weighted by atomic mass is 32.2. The molecule has 3 N–H and O–H groups in total. The maximum Gasteiger partial charge on any atom is 0.242 e. The molecule has 1 unspecified atom stereocenters. The summed E-state index contributed by atoms with van der Waals surface area (Å²) in [5, 5.41) is 11.9. The number of para-hydroxylation sites is 1. The molecule has 96 valence electrons. The van der Waals surface area contributed by atoms with Crippen LogP contribution >= 0.6 is 0 Å². The third kappa shape index (κ3) is 3.69. The van der Waals surface area contributed by atoms with Crippen LogP contribution in [-0.4, -0.2) is 32.7 Å². The summed E-state index contributed by atoms with van der Waals surface area (Å²) in [6.45, 7) is 3.78. The van der Waals surface area contributed by atoms with E-state index >= 15 is 0 Å². The lowest BCUT2D eigenvalue weighted by Crippen LogP contribution is -2.26. The van der Waals surface area contributed by atoms with E-state index < -0.39 is 10.0 Å². The molecular weight excluding hydrogens is 240 g/mol. The fraction of sp³-hybridized carbons (Fsp3) is 0.455. The van der Waals surface area contributed by atoms with Crippen LogP contribution in [0.3, 0.4) is 0 Å². The summed E-state index contributed by atoms with van der Waals surface area (Å²) in [4.78, 5) is 0.196. The van der Waals surface area contributed by atoms with Gasteiger partial charge in [-0.2, -0.15) is 0 Å². The minimum Gasteiger partial charge on any atom is -0.394 e. The second-order valence-electron chi connectivity index (χ2n) is 3.73. The fourth-order valence-electron chi connectivity index (χ4n) is 1.40. The number of rotatable bonds is 6. The summed E-state index contributed by atoms with van der Waals surface area (Å²) in [6, 6.07) is 6.42. The molecule has 5 nitrogen and oxygen atoms in total. The zero-order valence-corrected chi connectivity index (χ0v) is 10.8. The van der Waals surface area contributed by atoms with Gasteiger partial charge < -0.3 is 10.4 Å². The molecule has 17 heavy (non-hydrogen) atoms. The molecule has 0 saturated carbocycles. The van der Waals surface area contributed by atoms with Gasteiger partial charge >= 0.3 is 0 Å². The van der Waals surface area contributed by atoms with Gasteiger partial charge in [0.15, 0.2) is 0 Å². The van der Waals surface area contributed by atoms with Crippen LogP contribution in [0.4, 0.5) is 5.69 Å². The van der Waals surface area contributed by atoms with Gasteiger partial charge in [0.1, 0.15) is 4.90 Å². The Bertz CT molecular complexity index is 460. The van der Waals surface area contributed by atoms with Crippen molar-refractivity contribution in [2.45, 2.75) is 24.8 Å². The van der Waals surface area contributed by atoms with Crippen molar-refractivity contribution in [1.29, 1.82) is 0 Å². The summed E-state index contributed by atoms with van der Waals surface area (Å²) in [6.07, 6.45) is 0. The van der Waals surface area contributed by atoms with Crippen LogP contribution in [0.25, 0.3) is 0 Å². The Morgan fingerprint density at radius 1 is 1.35 bits per heavy atom. The van der Waals surface area contributed by atoms with Gasteiger partial charge in [-0.15, -0.1) is 0 Å². The number of sulfonamides is 1. The molecular formula is C11H18N2O3S. The molecule has 0 aliphatic carbocycles. The number of anilines is 1. The van der Waals surface area contributed by atoms with Crippen LogP contribution in [0.1, 0.15) is 13.8 Å². The zero-order valence-electron chi connectivity index (χ0n) is 9.97. The summed E-state index contributed by atoms with van der Waals surface area (Å²) >= 11 is 0. The van der Waals surface area contributed by atoms with Crippen molar-refractivity contribution in [1.82, 2.24) is 4.72 Å². The van der Waals surface area contributed by atoms with Gasteiger partial charge in [0.2, 0.25) is 10.0 Å². The second-order valence-corrected chi connectivity index (χ2v) is 5.46. The normalized spacial score (nSPS) is 13.4. The third-order valence-electron chi connectivity index (χ3n) is 2.19. The minimum atomic E-state index is -3.49. The number of hydrogen-bond donors (Lipinski definition) is 3. The molecule has 0 radical (unpaired) electrons. The summed E-state index contributed by atoms with van der Waals surface area (Å²) in [5.74, 6) is 0. The lowest BCUT2D eigenvalue weighted by Gasteiger charge is -2.16. The largest absolute Gasteiger partial charge is 0.394 e. The highest BCUT2D eigenvalue weighted by molar-refractivity contribution is 7.89. The minimum absolute atomic E-state index is 0.0599. The molecule has 6 heteroatoms. The molecule has 0 aliphatic rings. The van der Waals surface area contributed by atoms with Crippen LogP contribution in [0.2, 0.25) is 0 Å². The quantitative estimate of drug-likeness (QED) is 0.704. The lowest BCUT2D eigenvalue weighted by atomic mass is 10.3. The first kappa shape index (κ1) is 14.0. The van der Waals surface area contributed by atoms with Crippen molar-refractivity contribution in [2.75, 3.05) is 18.5 Å². The molecule has 1 rings (SSSR count). The van der Waals surface area contributed by atoms with Crippen LogP contribution in [-0.2, 0) is 10.0 Å². The SMILES string of the molecule is CCNS(=O)(=O)c1ccccc1NC(C)CO. The molecule has 1 aromatic rings. The Labute approximate surface area is 102 Å². The van der Waals surface area contributed by atoms with Crippen LogP contribution in [0.5, 0.6) is 0 Å². The van der Waals surface area contributed by atoms with Gasteiger partial charge in [0.05, 0.1) is 12.3 Å². The van der Waals surface area contributed by atoms with Crippen LogP contribution in [0.15, 0.2) is 29.2 Å². The first-order valence-electron chi connectivity index (χ1n) is 5.47. The van der Waals surface area contributed by atoms with Crippen molar-refractivity contribution in [2.24, 2.45) is 0 Å². The van der Waals surface area contributed by atoms with Crippen molar-refractivity contribution < 1.29 is 13.5 Å². The smallest absolute Gasteiger partial charge is 0.242 e. The van der Waals surface area contributed by atoms with Crippen molar-refractivity contribution in [3.8, 4) is 0 Å². The molecule has 0 aliphatic heterocycles. The van der Waals surface area contributed by atoms with Crippen molar-refractivity contribution in [3.05, 3.63) is 24.3 Å². The molecule has 0 amide bonds. The van der Waals surface area contributed by atoms with E-state index in [1.54, 1.807) is 32.0 Å². The van der Waals surface area contributed by atoms with Gasteiger partial charge in [-0.1, -0.05) is 19.1 Å². The Balaban J connectivity index is 3.08. The molecule has 0 saturated heterocycles. The summed E-state index contributed by atoms with van der Waals surface area (Å²) < 4.78 is 26.3. The highest BCUT2D eigenvalue weighted by Crippen LogP contribution is 2.21. The fourth-order valence-corrected chi connectivity index (χ4v) is 2.61. The predicted molar refractivity (Wildman–Crippen MR) is 67.5 cm³/mol. The average Bonchev–Trinajstić information content (AvgIpc) is 2.29. The van der Waals surface area contributed by atoms with E-state index in [9.17, 15) is 8.42 Å². The molecule has 0 spiro atoms. The van der Waals surface area contributed by atoms with Crippen LogP contribution < -0.4 is 10.0 Å². The van der Waals surface area contributed by atoms with E-state index in [0.29, 0.717) is 12.2 Å². The summed E-state index contributed by atoms with van der Waals surface area (Å²) in [5.41, 5.74) is 0.495. The third-order valence-corrected chi connectivity index (χ3v) is 3.79. The molecule has 0 bridgehead atoms. The van der Waals surface area contributed by atoms with E-state index in [1.165, 1.54) is 6.07 Å². The maximum absolute atomic E-state index is 11.9. The van der Waals surface area contributed by atoms with Crippen LogP contribution in [0, 0.1) is 0 Å². The van der Waals surface area contributed by atoms with Gasteiger partial charge in [-0.05, 0) is 19.1 Å². The van der Waals surface area contributed by atoms with Gasteiger partial charge in [-0.25, -0.2) is 13.1 Å². The first-order chi connectivity index (χ1) is 8.01. The number of nitrogens with one attached hydrogen (secondary N) is 2. The van der Waals surface area contributed by atoms with E-state index in [2.05, 4.69) is 10.0 Å². The number of hydrogen-bond acceptors (Lipinski definition) is 4. The van der Waals surface area contributed by atoms with Gasteiger partial charge in [0.25, 0.3) is 0 Å². The molecule has 1 aromatic carbocycles. The molecule has 0 aromatic heterocycles. The molecule has 1 atom stereocenters. The Morgan fingerprint density at radius 3 is 2.59 bits per heavy atom. The number of benzene rings is 1. The second kappa shape index (κ2) is 6.00. The Morgan fingerprint density at radius 2 is 2.00 bits per heavy atom.